The van der Waals surface area contributed by atoms with Crippen LogP contribution in [-0.2, 0) is 0 Å². The minimum atomic E-state index is 0.213. The van der Waals surface area contributed by atoms with Crippen LogP contribution < -0.4 is 11.5 Å². The second-order valence-electron chi connectivity index (χ2n) is 3.51. The Labute approximate surface area is 109 Å². The molecule has 5 N–H and O–H groups in total. The molecule has 0 saturated carbocycles. The van der Waals surface area contributed by atoms with E-state index in [4.69, 9.17) is 16.6 Å². The number of hydrogen-bond donors (Lipinski definition) is 3. The molecule has 0 bridgehead atoms. The summed E-state index contributed by atoms with van der Waals surface area (Å²) in [5.41, 5.74) is 13.4. The maximum atomic E-state index is 8.73. The number of hydrogen-bond acceptors (Lipinski definition) is 3. The predicted octanol–water partition coefficient (Wildman–Crippen LogP) is 3.58. The number of nitrogen functional groups attached to an aromatic ring is 2. The molecule has 0 spiro atoms. The van der Waals surface area contributed by atoms with Crippen LogP contribution in [0.2, 0.25) is 0 Å². The first-order valence-electron chi connectivity index (χ1n) is 5.94. The monoisotopic (exact) mass is 246 g/mol. The molecule has 0 fully saturated rings. The number of aromatic hydroxyl groups is 1. The van der Waals surface area contributed by atoms with Gasteiger partial charge in [0.05, 0.1) is 0 Å². The number of nitrogens with two attached hydrogens (primary N) is 2. The highest BCUT2D eigenvalue weighted by molar-refractivity contribution is 5.42. The molecule has 3 heteroatoms. The van der Waals surface area contributed by atoms with Crippen molar-refractivity contribution < 1.29 is 5.11 Å². The van der Waals surface area contributed by atoms with Crippen LogP contribution in [0.25, 0.3) is 0 Å². The first kappa shape index (κ1) is 15.8. The zero-order chi connectivity index (χ0) is 14.0. The van der Waals surface area contributed by atoms with E-state index in [0.717, 1.165) is 5.69 Å². The standard InChI is InChI=1S/C7H9N.C6H7NO.C2H6/c1-6-2-4-7(8)5-3-6;7-5-2-1-3-6(8)4-5;1-2/h2-5H,8H2,1H3;1-4,8H,7H2;1-2H3. The molecule has 0 amide bonds. The van der Waals surface area contributed by atoms with E-state index in [1.165, 1.54) is 11.6 Å². The summed E-state index contributed by atoms with van der Waals surface area (Å²) in [6.45, 7) is 6.04. The largest absolute Gasteiger partial charge is 0.508 e. The van der Waals surface area contributed by atoms with Crippen LogP contribution in [0.1, 0.15) is 19.4 Å². The van der Waals surface area contributed by atoms with Gasteiger partial charge in [-0.2, -0.15) is 0 Å². The van der Waals surface area contributed by atoms with Crippen LogP contribution >= 0.6 is 0 Å². The van der Waals surface area contributed by atoms with Gasteiger partial charge in [0.15, 0.2) is 0 Å². The number of anilines is 2. The van der Waals surface area contributed by atoms with Crippen molar-refractivity contribution in [3.8, 4) is 5.75 Å². The molecule has 0 aliphatic heterocycles. The van der Waals surface area contributed by atoms with Crippen molar-refractivity contribution in [2.24, 2.45) is 0 Å². The third-order valence-electron chi connectivity index (χ3n) is 1.95. The summed E-state index contributed by atoms with van der Waals surface area (Å²) in [5, 5.41) is 8.73. The second-order valence-corrected chi connectivity index (χ2v) is 3.51. The lowest BCUT2D eigenvalue weighted by molar-refractivity contribution is 0.475. The van der Waals surface area contributed by atoms with E-state index in [2.05, 4.69) is 0 Å². The molecule has 0 unspecified atom stereocenters. The normalized spacial score (nSPS) is 8.39. The first-order valence-corrected chi connectivity index (χ1v) is 5.94. The van der Waals surface area contributed by atoms with E-state index >= 15 is 0 Å². The summed E-state index contributed by atoms with van der Waals surface area (Å²) < 4.78 is 0. The molecule has 98 valence electrons. The number of benzene rings is 2. The molecule has 3 nitrogen and oxygen atoms in total. The van der Waals surface area contributed by atoms with E-state index in [9.17, 15) is 0 Å². The summed E-state index contributed by atoms with van der Waals surface area (Å²) in [4.78, 5) is 0. The zero-order valence-electron chi connectivity index (χ0n) is 11.2. The fourth-order valence-electron chi connectivity index (χ4n) is 1.09. The van der Waals surface area contributed by atoms with Gasteiger partial charge in [0.25, 0.3) is 0 Å². The molecule has 0 saturated heterocycles. The molecule has 0 aliphatic rings. The van der Waals surface area contributed by atoms with Crippen molar-refractivity contribution in [1.82, 2.24) is 0 Å². The second kappa shape index (κ2) is 8.93. The highest BCUT2D eigenvalue weighted by Crippen LogP contribution is 2.10. The Kier molecular flexibility index (Phi) is 7.86. The van der Waals surface area contributed by atoms with Crippen molar-refractivity contribution >= 4 is 11.4 Å². The average Bonchev–Trinajstić information content (AvgIpc) is 2.36. The molecule has 18 heavy (non-hydrogen) atoms. The van der Waals surface area contributed by atoms with Crippen LogP contribution in [0, 0.1) is 6.92 Å². The lowest BCUT2D eigenvalue weighted by Gasteiger charge is -1.90. The van der Waals surface area contributed by atoms with Gasteiger partial charge in [-0.05, 0) is 31.2 Å². The Balaban J connectivity index is 0.000000283. The van der Waals surface area contributed by atoms with E-state index in [0.29, 0.717) is 5.69 Å². The highest BCUT2D eigenvalue weighted by atomic mass is 16.3. The van der Waals surface area contributed by atoms with E-state index < -0.39 is 0 Å². The third-order valence-corrected chi connectivity index (χ3v) is 1.95. The van der Waals surface area contributed by atoms with Crippen molar-refractivity contribution in [1.29, 1.82) is 0 Å². The highest BCUT2D eigenvalue weighted by Gasteiger charge is 1.83. The quantitative estimate of drug-likeness (QED) is 0.622. The summed E-state index contributed by atoms with van der Waals surface area (Å²) in [5.74, 6) is 0.213. The van der Waals surface area contributed by atoms with E-state index in [1.54, 1.807) is 18.2 Å². The van der Waals surface area contributed by atoms with Gasteiger partial charge in [0.2, 0.25) is 0 Å². The van der Waals surface area contributed by atoms with Gasteiger partial charge in [0.1, 0.15) is 5.75 Å². The van der Waals surface area contributed by atoms with Crippen LogP contribution in [0.15, 0.2) is 48.5 Å². The lowest BCUT2D eigenvalue weighted by atomic mass is 10.2. The van der Waals surface area contributed by atoms with E-state index in [-0.39, 0.29) is 5.75 Å². The van der Waals surface area contributed by atoms with Gasteiger partial charge in [-0.3, -0.25) is 0 Å². The molecule has 0 aliphatic carbocycles. The van der Waals surface area contributed by atoms with Gasteiger partial charge in [0, 0.05) is 17.4 Å². The maximum absolute atomic E-state index is 8.73. The predicted molar refractivity (Wildman–Crippen MR) is 79.5 cm³/mol. The summed E-state index contributed by atoms with van der Waals surface area (Å²) in [6.07, 6.45) is 0. The van der Waals surface area contributed by atoms with Crippen molar-refractivity contribution in [2.75, 3.05) is 11.5 Å². The van der Waals surface area contributed by atoms with Crippen LogP contribution in [-0.4, -0.2) is 5.11 Å². The molecule has 0 aromatic heterocycles. The molecular formula is C15H22N2O. The summed E-state index contributed by atoms with van der Waals surface area (Å²) in [7, 11) is 0. The smallest absolute Gasteiger partial charge is 0.117 e. The third kappa shape index (κ3) is 7.17. The van der Waals surface area contributed by atoms with Crippen molar-refractivity contribution in [3.63, 3.8) is 0 Å². The van der Waals surface area contributed by atoms with Gasteiger partial charge < -0.3 is 16.6 Å². The Morgan fingerprint density at radius 1 is 0.833 bits per heavy atom. The molecule has 2 aromatic rings. The van der Waals surface area contributed by atoms with Gasteiger partial charge >= 0.3 is 0 Å². The van der Waals surface area contributed by atoms with Gasteiger partial charge in [-0.1, -0.05) is 37.6 Å². The average molecular weight is 246 g/mol. The minimum absolute atomic E-state index is 0.213. The fraction of sp³-hybridized carbons (Fsp3) is 0.200. The molecular weight excluding hydrogens is 224 g/mol. The topological polar surface area (TPSA) is 72.3 Å². The Bertz CT molecular complexity index is 400. The molecule has 0 radical (unpaired) electrons. The summed E-state index contributed by atoms with van der Waals surface area (Å²) in [6, 6.07) is 14.3. The first-order chi connectivity index (χ1) is 8.58. The number of aryl methyl sites for hydroxylation is 1. The van der Waals surface area contributed by atoms with Crippen molar-refractivity contribution in [2.45, 2.75) is 20.8 Å². The van der Waals surface area contributed by atoms with Crippen LogP contribution in [0.3, 0.4) is 0 Å². The molecule has 2 rings (SSSR count). The minimum Gasteiger partial charge on any atom is -0.508 e. The van der Waals surface area contributed by atoms with Gasteiger partial charge in [-0.25, -0.2) is 0 Å². The maximum Gasteiger partial charge on any atom is 0.117 e. The van der Waals surface area contributed by atoms with Crippen molar-refractivity contribution in [3.05, 3.63) is 54.1 Å². The molecule has 0 heterocycles. The Hall–Kier alpha value is -2.16. The SMILES string of the molecule is CC.Cc1ccc(N)cc1.Nc1cccc(O)c1. The Morgan fingerprint density at radius 3 is 1.72 bits per heavy atom. The summed E-state index contributed by atoms with van der Waals surface area (Å²) >= 11 is 0. The molecule has 2 aromatic carbocycles. The Morgan fingerprint density at radius 2 is 1.39 bits per heavy atom. The number of phenols is 1. The zero-order valence-corrected chi connectivity index (χ0v) is 11.2. The fourth-order valence-corrected chi connectivity index (χ4v) is 1.09. The number of phenolic OH excluding ortho intramolecular Hbond substituents is 1. The van der Waals surface area contributed by atoms with E-state index in [1.807, 2.05) is 45.0 Å². The molecule has 0 atom stereocenters. The van der Waals surface area contributed by atoms with Crippen LogP contribution in [0.5, 0.6) is 5.75 Å². The number of rotatable bonds is 0. The van der Waals surface area contributed by atoms with Gasteiger partial charge in [-0.15, -0.1) is 0 Å². The van der Waals surface area contributed by atoms with Crippen LogP contribution in [0.4, 0.5) is 11.4 Å². The lowest BCUT2D eigenvalue weighted by Crippen LogP contribution is -1.81.